The standard InChI is InChI=1S/C19H25N3O3/c1-12(19-21-15-4-2-3-5-16(15)25-19)22-10-8-13(9-11-22)17(23)18(24)20-14-6-7-14/h2-5,12-14,17,23H,6-11H2,1H3,(H,20,24). The number of aromatic nitrogens is 1. The van der Waals surface area contributed by atoms with E-state index in [0.717, 1.165) is 55.8 Å². The summed E-state index contributed by atoms with van der Waals surface area (Å²) in [5.41, 5.74) is 1.69. The second-order valence-corrected chi connectivity index (χ2v) is 7.30. The number of fused-ring (bicyclic) bond motifs is 1. The molecule has 1 saturated heterocycles. The van der Waals surface area contributed by atoms with Crippen molar-refractivity contribution in [3.8, 4) is 0 Å². The molecule has 6 nitrogen and oxygen atoms in total. The minimum Gasteiger partial charge on any atom is -0.439 e. The Morgan fingerprint density at radius 2 is 2.00 bits per heavy atom. The van der Waals surface area contributed by atoms with E-state index < -0.39 is 6.10 Å². The van der Waals surface area contributed by atoms with Crippen LogP contribution in [0.5, 0.6) is 0 Å². The number of likely N-dealkylation sites (tertiary alicyclic amines) is 1. The Bertz CT molecular complexity index is 714. The molecule has 2 fully saturated rings. The molecule has 2 aromatic rings. The SMILES string of the molecule is CC(c1nc2ccccc2o1)N1CCC(C(O)C(=O)NC2CC2)CC1. The number of amides is 1. The van der Waals surface area contributed by atoms with Crippen molar-refractivity contribution >= 4 is 17.0 Å². The molecule has 1 aromatic heterocycles. The van der Waals surface area contributed by atoms with E-state index in [1.807, 2.05) is 24.3 Å². The van der Waals surface area contributed by atoms with E-state index in [4.69, 9.17) is 4.42 Å². The van der Waals surface area contributed by atoms with Crippen molar-refractivity contribution in [1.82, 2.24) is 15.2 Å². The van der Waals surface area contributed by atoms with Crippen LogP contribution < -0.4 is 5.32 Å². The second kappa shape index (κ2) is 6.77. The third kappa shape index (κ3) is 3.55. The largest absolute Gasteiger partial charge is 0.439 e. The number of nitrogens with zero attached hydrogens (tertiary/aromatic N) is 2. The zero-order chi connectivity index (χ0) is 17.4. The lowest BCUT2D eigenvalue weighted by Crippen LogP contribution is -2.45. The lowest BCUT2D eigenvalue weighted by molar-refractivity contribution is -0.133. The van der Waals surface area contributed by atoms with Crippen LogP contribution in [0.25, 0.3) is 11.1 Å². The van der Waals surface area contributed by atoms with Crippen molar-refractivity contribution in [2.24, 2.45) is 5.92 Å². The van der Waals surface area contributed by atoms with E-state index in [2.05, 4.69) is 22.1 Å². The predicted octanol–water partition coefficient (Wildman–Crippen LogP) is 2.24. The number of aliphatic hydroxyl groups excluding tert-OH is 1. The predicted molar refractivity (Wildman–Crippen MR) is 93.9 cm³/mol. The first-order valence-corrected chi connectivity index (χ1v) is 9.20. The van der Waals surface area contributed by atoms with Gasteiger partial charge in [0.1, 0.15) is 11.6 Å². The van der Waals surface area contributed by atoms with E-state index in [0.29, 0.717) is 6.04 Å². The van der Waals surface area contributed by atoms with E-state index in [1.54, 1.807) is 0 Å². The number of rotatable bonds is 5. The lowest BCUT2D eigenvalue weighted by Gasteiger charge is -2.36. The number of aliphatic hydroxyl groups is 1. The van der Waals surface area contributed by atoms with Gasteiger partial charge in [-0.05, 0) is 63.7 Å². The van der Waals surface area contributed by atoms with Gasteiger partial charge < -0.3 is 14.8 Å². The van der Waals surface area contributed by atoms with Gasteiger partial charge >= 0.3 is 0 Å². The molecule has 2 heterocycles. The molecule has 2 atom stereocenters. The third-order valence-electron chi connectivity index (χ3n) is 5.43. The van der Waals surface area contributed by atoms with Gasteiger partial charge in [-0.2, -0.15) is 0 Å². The first-order chi connectivity index (χ1) is 12.1. The van der Waals surface area contributed by atoms with Crippen LogP contribution in [-0.4, -0.2) is 46.1 Å². The molecular formula is C19H25N3O3. The van der Waals surface area contributed by atoms with Crippen molar-refractivity contribution in [2.45, 2.75) is 50.8 Å². The first-order valence-electron chi connectivity index (χ1n) is 9.20. The molecule has 25 heavy (non-hydrogen) atoms. The van der Waals surface area contributed by atoms with Crippen LogP contribution in [0.15, 0.2) is 28.7 Å². The molecule has 1 aliphatic heterocycles. The van der Waals surface area contributed by atoms with Crippen LogP contribution in [0.3, 0.4) is 0 Å². The molecular weight excluding hydrogens is 318 g/mol. The number of hydrogen-bond acceptors (Lipinski definition) is 5. The fourth-order valence-electron chi connectivity index (χ4n) is 3.58. The zero-order valence-electron chi connectivity index (χ0n) is 14.5. The summed E-state index contributed by atoms with van der Waals surface area (Å²) < 4.78 is 5.88. The van der Waals surface area contributed by atoms with Crippen molar-refractivity contribution in [3.63, 3.8) is 0 Å². The van der Waals surface area contributed by atoms with Gasteiger partial charge in [0.15, 0.2) is 5.58 Å². The number of carbonyl (C=O) groups is 1. The number of benzene rings is 1. The van der Waals surface area contributed by atoms with Crippen LogP contribution in [0.2, 0.25) is 0 Å². The summed E-state index contributed by atoms with van der Waals surface area (Å²) in [7, 11) is 0. The average molecular weight is 343 g/mol. The monoisotopic (exact) mass is 343 g/mol. The summed E-state index contributed by atoms with van der Waals surface area (Å²) in [5.74, 6) is 0.561. The fraction of sp³-hybridized carbons (Fsp3) is 0.579. The third-order valence-corrected chi connectivity index (χ3v) is 5.43. The summed E-state index contributed by atoms with van der Waals surface area (Å²) >= 11 is 0. The Balaban J connectivity index is 1.35. The summed E-state index contributed by atoms with van der Waals surface area (Å²) in [4.78, 5) is 18.9. The quantitative estimate of drug-likeness (QED) is 0.870. The minimum atomic E-state index is -0.887. The highest BCUT2D eigenvalue weighted by Crippen LogP contribution is 2.30. The summed E-state index contributed by atoms with van der Waals surface area (Å²) in [6.07, 6.45) is 2.81. The summed E-state index contributed by atoms with van der Waals surface area (Å²) in [6, 6.07) is 8.17. The first kappa shape index (κ1) is 16.5. The molecule has 2 unspecified atom stereocenters. The molecule has 6 heteroatoms. The summed E-state index contributed by atoms with van der Waals surface area (Å²) in [5, 5.41) is 13.2. The highest BCUT2D eigenvalue weighted by atomic mass is 16.3. The normalized spacial score (nSPS) is 22.0. The molecule has 1 aromatic carbocycles. The maximum absolute atomic E-state index is 12.0. The maximum atomic E-state index is 12.0. The van der Waals surface area contributed by atoms with Crippen LogP contribution >= 0.6 is 0 Å². The van der Waals surface area contributed by atoms with Gasteiger partial charge in [0, 0.05) is 6.04 Å². The van der Waals surface area contributed by atoms with Crippen LogP contribution in [0.4, 0.5) is 0 Å². The molecule has 4 rings (SSSR count). The van der Waals surface area contributed by atoms with Crippen molar-refractivity contribution < 1.29 is 14.3 Å². The molecule has 134 valence electrons. The topological polar surface area (TPSA) is 78.6 Å². The van der Waals surface area contributed by atoms with Crippen LogP contribution in [-0.2, 0) is 4.79 Å². The van der Waals surface area contributed by atoms with Gasteiger partial charge in [-0.1, -0.05) is 12.1 Å². The van der Waals surface area contributed by atoms with Crippen molar-refractivity contribution in [1.29, 1.82) is 0 Å². The van der Waals surface area contributed by atoms with Gasteiger partial charge in [-0.15, -0.1) is 0 Å². The lowest BCUT2D eigenvalue weighted by atomic mass is 9.90. The molecule has 0 spiro atoms. The molecule has 0 bridgehead atoms. The smallest absolute Gasteiger partial charge is 0.249 e. The number of para-hydroxylation sites is 2. The Morgan fingerprint density at radius 3 is 2.68 bits per heavy atom. The Hall–Kier alpha value is -1.92. The highest BCUT2D eigenvalue weighted by Gasteiger charge is 2.34. The van der Waals surface area contributed by atoms with Gasteiger partial charge in [0.2, 0.25) is 11.8 Å². The molecule has 2 aliphatic rings. The Kier molecular flexibility index (Phi) is 4.48. The van der Waals surface area contributed by atoms with Gasteiger partial charge in [0.25, 0.3) is 0 Å². The fourth-order valence-corrected chi connectivity index (χ4v) is 3.58. The minimum absolute atomic E-state index is 0.0332. The molecule has 0 radical (unpaired) electrons. The number of carbonyl (C=O) groups excluding carboxylic acids is 1. The second-order valence-electron chi connectivity index (χ2n) is 7.30. The van der Waals surface area contributed by atoms with Crippen LogP contribution in [0.1, 0.15) is 44.5 Å². The van der Waals surface area contributed by atoms with E-state index in [9.17, 15) is 9.90 Å². The summed E-state index contributed by atoms with van der Waals surface area (Å²) in [6.45, 7) is 3.76. The van der Waals surface area contributed by atoms with Crippen molar-refractivity contribution in [3.05, 3.63) is 30.2 Å². The number of nitrogens with one attached hydrogen (secondary N) is 1. The number of hydrogen-bond donors (Lipinski definition) is 2. The van der Waals surface area contributed by atoms with E-state index in [1.165, 1.54) is 0 Å². The van der Waals surface area contributed by atoms with Crippen LogP contribution in [0, 0.1) is 5.92 Å². The number of piperidine rings is 1. The molecule has 2 N–H and O–H groups in total. The van der Waals surface area contributed by atoms with E-state index >= 15 is 0 Å². The van der Waals surface area contributed by atoms with Gasteiger partial charge in [0.05, 0.1) is 6.04 Å². The Labute approximate surface area is 147 Å². The number of oxazole rings is 1. The zero-order valence-corrected chi connectivity index (χ0v) is 14.5. The van der Waals surface area contributed by atoms with Crippen molar-refractivity contribution in [2.75, 3.05) is 13.1 Å². The Morgan fingerprint density at radius 1 is 1.28 bits per heavy atom. The molecule has 1 saturated carbocycles. The van der Waals surface area contributed by atoms with Gasteiger partial charge in [-0.25, -0.2) is 4.98 Å². The molecule has 1 aliphatic carbocycles. The highest BCUT2D eigenvalue weighted by molar-refractivity contribution is 5.81. The van der Waals surface area contributed by atoms with Gasteiger partial charge in [-0.3, -0.25) is 9.69 Å². The average Bonchev–Trinajstić information content (AvgIpc) is 3.35. The van der Waals surface area contributed by atoms with E-state index in [-0.39, 0.29) is 17.9 Å². The molecule has 1 amide bonds. The maximum Gasteiger partial charge on any atom is 0.249 e.